The van der Waals surface area contributed by atoms with Crippen LogP contribution in [0, 0.1) is 13.8 Å². The lowest BCUT2D eigenvalue weighted by Gasteiger charge is -2.13. The smallest absolute Gasteiger partial charge is 0.122 e. The van der Waals surface area contributed by atoms with Gasteiger partial charge in [-0.1, -0.05) is 42.5 Å². The molecule has 28 heavy (non-hydrogen) atoms. The highest BCUT2D eigenvalue weighted by Gasteiger charge is 2.11. The molecule has 0 aliphatic rings. The minimum atomic E-state index is 0.619. The SMILES string of the molecule is Cc1cccc(OCCn2c(CSc3ccccc3)nc3ccccc32)c1C. The van der Waals surface area contributed by atoms with Crippen LogP contribution in [0.4, 0.5) is 0 Å². The maximum atomic E-state index is 6.10. The predicted molar refractivity (Wildman–Crippen MR) is 117 cm³/mol. The van der Waals surface area contributed by atoms with Crippen molar-refractivity contribution in [2.45, 2.75) is 31.0 Å². The van der Waals surface area contributed by atoms with Crippen molar-refractivity contribution < 1.29 is 4.74 Å². The Kier molecular flexibility index (Phi) is 5.68. The van der Waals surface area contributed by atoms with Crippen molar-refractivity contribution in [3.8, 4) is 5.75 Å². The number of hydrogen-bond donors (Lipinski definition) is 0. The molecule has 0 saturated heterocycles. The van der Waals surface area contributed by atoms with Crippen LogP contribution in [0.2, 0.25) is 0 Å². The summed E-state index contributed by atoms with van der Waals surface area (Å²) in [5, 5.41) is 0. The molecule has 1 aromatic heterocycles. The number of benzene rings is 3. The lowest BCUT2D eigenvalue weighted by molar-refractivity contribution is 0.296. The number of nitrogens with zero attached hydrogens (tertiary/aromatic N) is 2. The van der Waals surface area contributed by atoms with E-state index in [2.05, 4.69) is 66.9 Å². The number of ether oxygens (including phenoxy) is 1. The molecule has 0 fully saturated rings. The summed E-state index contributed by atoms with van der Waals surface area (Å²) in [4.78, 5) is 6.13. The fourth-order valence-electron chi connectivity index (χ4n) is 3.28. The molecule has 0 amide bonds. The first-order valence-corrected chi connectivity index (χ1v) is 10.5. The van der Waals surface area contributed by atoms with Gasteiger partial charge in [-0.2, -0.15) is 0 Å². The van der Waals surface area contributed by atoms with Crippen molar-refractivity contribution in [3.05, 3.63) is 89.7 Å². The Morgan fingerprint density at radius 3 is 2.54 bits per heavy atom. The fraction of sp³-hybridized carbons (Fsp3) is 0.208. The highest BCUT2D eigenvalue weighted by molar-refractivity contribution is 7.98. The first-order chi connectivity index (χ1) is 13.7. The second kappa shape index (κ2) is 8.53. The maximum Gasteiger partial charge on any atom is 0.122 e. The first-order valence-electron chi connectivity index (χ1n) is 9.53. The van der Waals surface area contributed by atoms with E-state index >= 15 is 0 Å². The topological polar surface area (TPSA) is 27.1 Å². The third-order valence-electron chi connectivity index (χ3n) is 4.97. The van der Waals surface area contributed by atoms with E-state index in [0.29, 0.717) is 6.61 Å². The number of fused-ring (bicyclic) bond motifs is 1. The maximum absolute atomic E-state index is 6.10. The molecule has 0 bridgehead atoms. The summed E-state index contributed by atoms with van der Waals surface area (Å²) >= 11 is 1.81. The van der Waals surface area contributed by atoms with Crippen LogP contribution in [0.1, 0.15) is 17.0 Å². The Balaban J connectivity index is 1.52. The highest BCUT2D eigenvalue weighted by Crippen LogP contribution is 2.25. The zero-order valence-electron chi connectivity index (χ0n) is 16.3. The van der Waals surface area contributed by atoms with Crippen molar-refractivity contribution >= 4 is 22.8 Å². The second-order valence-corrected chi connectivity index (χ2v) is 7.87. The largest absolute Gasteiger partial charge is 0.491 e. The average Bonchev–Trinajstić information content (AvgIpc) is 3.08. The molecule has 0 spiro atoms. The lowest BCUT2D eigenvalue weighted by atomic mass is 10.1. The summed E-state index contributed by atoms with van der Waals surface area (Å²) in [7, 11) is 0. The lowest BCUT2D eigenvalue weighted by Crippen LogP contribution is -2.11. The van der Waals surface area contributed by atoms with E-state index in [1.165, 1.54) is 16.0 Å². The van der Waals surface area contributed by atoms with Crippen molar-refractivity contribution in [2.24, 2.45) is 0 Å². The molecule has 4 aromatic rings. The number of rotatable bonds is 7. The molecule has 142 valence electrons. The normalized spacial score (nSPS) is 11.1. The van der Waals surface area contributed by atoms with Crippen molar-refractivity contribution in [1.29, 1.82) is 0 Å². The van der Waals surface area contributed by atoms with Gasteiger partial charge in [-0.3, -0.25) is 0 Å². The quantitative estimate of drug-likeness (QED) is 0.362. The van der Waals surface area contributed by atoms with Crippen molar-refractivity contribution in [3.63, 3.8) is 0 Å². The van der Waals surface area contributed by atoms with Crippen LogP contribution < -0.4 is 4.74 Å². The van der Waals surface area contributed by atoms with E-state index in [0.717, 1.165) is 34.9 Å². The molecular formula is C24H24N2OS. The van der Waals surface area contributed by atoms with Gasteiger partial charge in [-0.25, -0.2) is 4.98 Å². The Labute approximate surface area is 170 Å². The summed E-state index contributed by atoms with van der Waals surface area (Å²) in [6.07, 6.45) is 0. The molecule has 0 radical (unpaired) electrons. The number of hydrogen-bond acceptors (Lipinski definition) is 3. The minimum absolute atomic E-state index is 0.619. The van der Waals surface area contributed by atoms with Gasteiger partial charge in [0.25, 0.3) is 0 Å². The summed E-state index contributed by atoms with van der Waals surface area (Å²) < 4.78 is 8.39. The van der Waals surface area contributed by atoms with Crippen LogP contribution in [0.3, 0.4) is 0 Å². The van der Waals surface area contributed by atoms with Crippen LogP contribution in [0.15, 0.2) is 77.7 Å². The van der Waals surface area contributed by atoms with Gasteiger partial charge in [0.2, 0.25) is 0 Å². The van der Waals surface area contributed by atoms with Crippen LogP contribution in [-0.2, 0) is 12.3 Å². The number of thioether (sulfide) groups is 1. The molecule has 3 aromatic carbocycles. The molecule has 0 aliphatic carbocycles. The van der Waals surface area contributed by atoms with Crippen LogP contribution >= 0.6 is 11.8 Å². The standard InChI is InChI=1S/C24H24N2OS/c1-18-9-8-14-23(19(18)2)27-16-15-26-22-13-7-6-12-21(22)25-24(26)17-28-20-10-4-3-5-11-20/h3-14H,15-17H2,1-2H3. The van der Waals surface area contributed by atoms with E-state index in [1.54, 1.807) is 0 Å². The van der Waals surface area contributed by atoms with Gasteiger partial charge in [0.15, 0.2) is 0 Å². The molecule has 4 rings (SSSR count). The van der Waals surface area contributed by atoms with Crippen LogP contribution in [0.5, 0.6) is 5.75 Å². The molecule has 0 N–H and O–H groups in total. The summed E-state index contributed by atoms with van der Waals surface area (Å²) in [5.41, 5.74) is 4.66. The number of para-hydroxylation sites is 2. The zero-order chi connectivity index (χ0) is 19.3. The molecule has 1 heterocycles. The van der Waals surface area contributed by atoms with E-state index < -0.39 is 0 Å². The van der Waals surface area contributed by atoms with Gasteiger partial charge >= 0.3 is 0 Å². The second-order valence-electron chi connectivity index (χ2n) is 6.82. The van der Waals surface area contributed by atoms with Gasteiger partial charge in [-0.05, 0) is 55.3 Å². The molecule has 0 unspecified atom stereocenters. The zero-order valence-corrected chi connectivity index (χ0v) is 17.1. The summed E-state index contributed by atoms with van der Waals surface area (Å²) in [5.74, 6) is 2.88. The first kappa shape index (κ1) is 18.6. The number of imidazole rings is 1. The van der Waals surface area contributed by atoms with Gasteiger partial charge < -0.3 is 9.30 Å². The van der Waals surface area contributed by atoms with Crippen LogP contribution in [-0.4, -0.2) is 16.2 Å². The fourth-order valence-corrected chi connectivity index (χ4v) is 4.14. The summed E-state index contributed by atoms with van der Waals surface area (Å²) in [6, 6.07) is 25.0. The van der Waals surface area contributed by atoms with E-state index in [-0.39, 0.29) is 0 Å². The van der Waals surface area contributed by atoms with E-state index in [9.17, 15) is 0 Å². The molecule has 0 saturated carbocycles. The van der Waals surface area contributed by atoms with Gasteiger partial charge in [0.05, 0.1) is 23.3 Å². The monoisotopic (exact) mass is 388 g/mol. The highest BCUT2D eigenvalue weighted by atomic mass is 32.2. The van der Waals surface area contributed by atoms with Gasteiger partial charge in [0, 0.05) is 4.90 Å². The molecular weight excluding hydrogens is 364 g/mol. The molecule has 0 aliphatic heterocycles. The van der Waals surface area contributed by atoms with Crippen molar-refractivity contribution in [2.75, 3.05) is 6.61 Å². The predicted octanol–water partition coefficient (Wildman–Crippen LogP) is 6.02. The Bertz CT molecular complexity index is 1070. The molecule has 0 atom stereocenters. The van der Waals surface area contributed by atoms with E-state index in [1.807, 2.05) is 36.0 Å². The van der Waals surface area contributed by atoms with Crippen molar-refractivity contribution in [1.82, 2.24) is 9.55 Å². The van der Waals surface area contributed by atoms with Gasteiger partial charge in [0.1, 0.15) is 18.2 Å². The van der Waals surface area contributed by atoms with Crippen LogP contribution in [0.25, 0.3) is 11.0 Å². The van der Waals surface area contributed by atoms with E-state index in [4.69, 9.17) is 9.72 Å². The van der Waals surface area contributed by atoms with Gasteiger partial charge in [-0.15, -0.1) is 11.8 Å². The Morgan fingerprint density at radius 1 is 0.893 bits per heavy atom. The molecule has 4 heteroatoms. The number of aryl methyl sites for hydroxylation is 1. The number of aromatic nitrogens is 2. The third kappa shape index (κ3) is 4.07. The Hall–Kier alpha value is -2.72. The Morgan fingerprint density at radius 2 is 1.68 bits per heavy atom. The third-order valence-corrected chi connectivity index (χ3v) is 5.98. The minimum Gasteiger partial charge on any atom is -0.491 e. The summed E-state index contributed by atoms with van der Waals surface area (Å²) in [6.45, 7) is 5.62. The average molecular weight is 389 g/mol. The molecule has 3 nitrogen and oxygen atoms in total.